The van der Waals surface area contributed by atoms with Crippen molar-refractivity contribution in [2.75, 3.05) is 7.11 Å². The minimum Gasteiger partial charge on any atom is -0.504 e. The van der Waals surface area contributed by atoms with E-state index in [1.807, 2.05) is 0 Å². The molecule has 0 aliphatic rings. The summed E-state index contributed by atoms with van der Waals surface area (Å²) < 4.78 is 4.97. The lowest BCUT2D eigenvalue weighted by atomic mass is 9.81. The second-order valence-electron chi connectivity index (χ2n) is 4.34. The average Bonchev–Trinajstić information content (AvgIpc) is 2.31. The zero-order valence-corrected chi connectivity index (χ0v) is 10.7. The number of hydrogen-bond acceptors (Lipinski definition) is 4. The van der Waals surface area contributed by atoms with Gasteiger partial charge in [-0.05, 0) is 31.0 Å². The summed E-state index contributed by atoms with van der Waals surface area (Å²) in [6.07, 6.45) is 0.452. The summed E-state index contributed by atoms with van der Waals surface area (Å²) in [6, 6.07) is 4.55. The first-order chi connectivity index (χ1) is 8.34. The summed E-state index contributed by atoms with van der Waals surface area (Å²) in [5.74, 6) is -1.62. The van der Waals surface area contributed by atoms with Gasteiger partial charge in [-0.25, -0.2) is 4.79 Å². The highest BCUT2D eigenvalue weighted by atomic mass is 16.5. The molecule has 1 aromatic carbocycles. The Morgan fingerprint density at radius 3 is 2.56 bits per heavy atom. The lowest BCUT2D eigenvalue weighted by Gasteiger charge is -2.28. The Bertz CT molecular complexity index is 439. The van der Waals surface area contributed by atoms with Gasteiger partial charge >= 0.3 is 5.97 Å². The molecule has 100 valence electrons. The fraction of sp³-hybridized carbons (Fsp3) is 0.462. The van der Waals surface area contributed by atoms with Gasteiger partial charge in [0.25, 0.3) is 0 Å². The molecule has 0 aliphatic carbocycles. The number of benzene rings is 1. The van der Waals surface area contributed by atoms with Crippen LogP contribution in [0, 0.1) is 0 Å². The van der Waals surface area contributed by atoms with E-state index in [1.165, 1.54) is 20.1 Å². The number of hydrogen-bond donors (Lipinski definition) is 3. The lowest BCUT2D eigenvalue weighted by Crippen LogP contribution is -2.41. The molecule has 0 heterocycles. The topological polar surface area (TPSA) is 87.0 Å². The number of aromatic hydroxyl groups is 1. The van der Waals surface area contributed by atoms with E-state index in [0.717, 1.165) is 0 Å². The normalized spacial score (nSPS) is 15.8. The fourth-order valence-electron chi connectivity index (χ4n) is 2.02. The molecule has 2 unspecified atom stereocenters. The largest absolute Gasteiger partial charge is 0.504 e. The van der Waals surface area contributed by atoms with Crippen LogP contribution in [-0.2, 0) is 4.79 Å². The first kappa shape index (κ1) is 14.3. The highest BCUT2D eigenvalue weighted by Crippen LogP contribution is 2.36. The molecule has 1 rings (SSSR count). The molecule has 0 aliphatic heterocycles. The van der Waals surface area contributed by atoms with Gasteiger partial charge in [0, 0.05) is 5.92 Å². The Morgan fingerprint density at radius 2 is 2.11 bits per heavy atom. The van der Waals surface area contributed by atoms with Gasteiger partial charge in [0.05, 0.1) is 7.11 Å². The number of carboxylic acids is 1. The predicted octanol–water partition coefficient (Wildman–Crippen LogP) is 1.73. The number of carbonyl (C=O) groups is 1. The molecule has 1 aromatic rings. The Kier molecular flexibility index (Phi) is 4.19. The lowest BCUT2D eigenvalue weighted by molar-refractivity contribution is -0.159. The minimum atomic E-state index is -1.86. The van der Waals surface area contributed by atoms with Crippen molar-refractivity contribution in [2.45, 2.75) is 31.8 Å². The van der Waals surface area contributed by atoms with Crippen LogP contribution in [-0.4, -0.2) is 34.0 Å². The second-order valence-corrected chi connectivity index (χ2v) is 4.34. The van der Waals surface area contributed by atoms with Crippen LogP contribution in [0.25, 0.3) is 0 Å². The molecular weight excluding hydrogens is 236 g/mol. The number of phenolic OH excluding ortho intramolecular Hbond substituents is 1. The van der Waals surface area contributed by atoms with Crippen LogP contribution in [0.3, 0.4) is 0 Å². The number of methoxy groups -OCH3 is 1. The van der Waals surface area contributed by atoms with Gasteiger partial charge in [-0.15, -0.1) is 0 Å². The number of rotatable bonds is 5. The van der Waals surface area contributed by atoms with E-state index < -0.39 is 17.5 Å². The van der Waals surface area contributed by atoms with Crippen molar-refractivity contribution in [1.29, 1.82) is 0 Å². The van der Waals surface area contributed by atoms with Crippen molar-refractivity contribution in [3.8, 4) is 11.5 Å². The number of phenols is 1. The van der Waals surface area contributed by atoms with Gasteiger partial charge in [-0.2, -0.15) is 0 Å². The quantitative estimate of drug-likeness (QED) is 0.745. The van der Waals surface area contributed by atoms with Crippen molar-refractivity contribution >= 4 is 5.97 Å². The Balaban J connectivity index is 3.21. The number of carboxylic acid groups (broad SMARTS) is 1. The summed E-state index contributed by atoms with van der Waals surface area (Å²) in [7, 11) is 1.41. The molecule has 0 aromatic heterocycles. The van der Waals surface area contributed by atoms with E-state index in [9.17, 15) is 15.0 Å². The zero-order valence-electron chi connectivity index (χ0n) is 10.7. The van der Waals surface area contributed by atoms with Crippen LogP contribution in [0.5, 0.6) is 11.5 Å². The van der Waals surface area contributed by atoms with Gasteiger partial charge in [-0.1, -0.05) is 13.0 Å². The Morgan fingerprint density at radius 1 is 1.50 bits per heavy atom. The molecule has 0 fully saturated rings. The van der Waals surface area contributed by atoms with Gasteiger partial charge < -0.3 is 20.1 Å². The maximum Gasteiger partial charge on any atom is 0.336 e. The van der Waals surface area contributed by atoms with Gasteiger partial charge in [0.2, 0.25) is 0 Å². The van der Waals surface area contributed by atoms with Gasteiger partial charge in [0.15, 0.2) is 17.1 Å². The SMILES string of the molecule is CCC(c1ccc(O)c(OC)c1)C(C)(O)C(=O)O. The second kappa shape index (κ2) is 5.27. The van der Waals surface area contributed by atoms with E-state index in [-0.39, 0.29) is 11.5 Å². The molecule has 0 bridgehead atoms. The first-order valence-electron chi connectivity index (χ1n) is 5.67. The zero-order chi connectivity index (χ0) is 13.9. The molecule has 3 N–H and O–H groups in total. The monoisotopic (exact) mass is 254 g/mol. The number of aliphatic hydroxyl groups is 1. The van der Waals surface area contributed by atoms with Crippen molar-refractivity contribution in [2.24, 2.45) is 0 Å². The fourth-order valence-corrected chi connectivity index (χ4v) is 2.02. The third kappa shape index (κ3) is 2.56. The summed E-state index contributed by atoms with van der Waals surface area (Å²) in [5, 5.41) is 28.6. The van der Waals surface area contributed by atoms with Crippen LogP contribution in [0.15, 0.2) is 18.2 Å². The van der Waals surface area contributed by atoms with E-state index in [4.69, 9.17) is 9.84 Å². The molecule has 18 heavy (non-hydrogen) atoms. The molecule has 0 radical (unpaired) electrons. The summed E-state index contributed by atoms with van der Waals surface area (Å²) in [5.41, 5.74) is -1.25. The Labute approximate surface area is 106 Å². The average molecular weight is 254 g/mol. The summed E-state index contributed by atoms with van der Waals surface area (Å²) in [4.78, 5) is 11.1. The predicted molar refractivity (Wildman–Crippen MR) is 66.0 cm³/mol. The molecule has 0 spiro atoms. The Hall–Kier alpha value is -1.75. The maximum absolute atomic E-state index is 11.1. The third-order valence-corrected chi connectivity index (χ3v) is 3.13. The third-order valence-electron chi connectivity index (χ3n) is 3.13. The van der Waals surface area contributed by atoms with Crippen LogP contribution >= 0.6 is 0 Å². The molecule has 2 atom stereocenters. The summed E-state index contributed by atoms with van der Waals surface area (Å²) in [6.45, 7) is 3.06. The molecular formula is C13H18O5. The highest BCUT2D eigenvalue weighted by Gasteiger charge is 2.39. The van der Waals surface area contributed by atoms with Crippen molar-refractivity contribution in [1.82, 2.24) is 0 Å². The van der Waals surface area contributed by atoms with E-state index in [1.54, 1.807) is 19.1 Å². The molecule has 0 saturated carbocycles. The highest BCUT2D eigenvalue weighted by molar-refractivity contribution is 5.78. The van der Waals surface area contributed by atoms with Crippen LogP contribution in [0.2, 0.25) is 0 Å². The van der Waals surface area contributed by atoms with Crippen molar-refractivity contribution in [3.05, 3.63) is 23.8 Å². The standard InChI is InChI=1S/C13H18O5/c1-4-9(13(2,17)12(15)16)8-5-6-10(14)11(7-8)18-3/h5-7,9,14,17H,4H2,1-3H3,(H,15,16). The summed E-state index contributed by atoms with van der Waals surface area (Å²) >= 11 is 0. The van der Waals surface area contributed by atoms with Crippen LogP contribution in [0.1, 0.15) is 31.7 Å². The van der Waals surface area contributed by atoms with Crippen LogP contribution in [0.4, 0.5) is 0 Å². The number of ether oxygens (including phenoxy) is 1. The van der Waals surface area contributed by atoms with Crippen LogP contribution < -0.4 is 4.74 Å². The molecule has 5 nitrogen and oxygen atoms in total. The smallest absolute Gasteiger partial charge is 0.336 e. The first-order valence-corrected chi connectivity index (χ1v) is 5.67. The number of aliphatic carboxylic acids is 1. The van der Waals surface area contributed by atoms with Gasteiger partial charge in [0.1, 0.15) is 0 Å². The molecule has 0 saturated heterocycles. The van der Waals surface area contributed by atoms with Crippen molar-refractivity contribution < 1.29 is 24.9 Å². The van der Waals surface area contributed by atoms with E-state index in [2.05, 4.69) is 0 Å². The maximum atomic E-state index is 11.1. The molecule has 5 heteroatoms. The van der Waals surface area contributed by atoms with E-state index in [0.29, 0.717) is 12.0 Å². The molecule has 0 amide bonds. The minimum absolute atomic E-state index is 0.0222. The van der Waals surface area contributed by atoms with Crippen molar-refractivity contribution in [3.63, 3.8) is 0 Å². The van der Waals surface area contributed by atoms with Gasteiger partial charge in [-0.3, -0.25) is 0 Å². The van der Waals surface area contributed by atoms with E-state index >= 15 is 0 Å².